The van der Waals surface area contributed by atoms with Crippen LogP contribution in [0.2, 0.25) is 0 Å². The van der Waals surface area contributed by atoms with Gasteiger partial charge in [0.2, 0.25) is 5.91 Å². The molecule has 0 fully saturated rings. The number of primary amides is 1. The summed E-state index contributed by atoms with van der Waals surface area (Å²) < 4.78 is 0. The molecule has 1 aromatic carbocycles. The lowest BCUT2D eigenvalue weighted by atomic mass is 9.93. The second-order valence-electron chi connectivity index (χ2n) is 6.07. The van der Waals surface area contributed by atoms with E-state index in [-0.39, 0.29) is 11.8 Å². The summed E-state index contributed by atoms with van der Waals surface area (Å²) in [4.78, 5) is 11.5. The van der Waals surface area contributed by atoms with Crippen LogP contribution in [0, 0.1) is 11.8 Å². The maximum Gasteiger partial charge on any atom is 0.220 e. The molecule has 1 amide bonds. The third-order valence-corrected chi connectivity index (χ3v) is 3.56. The molecule has 0 aromatic heterocycles. The third-order valence-electron chi connectivity index (χ3n) is 3.56. The predicted octanol–water partition coefficient (Wildman–Crippen LogP) is 1.72. The first kappa shape index (κ1) is 17.7. The lowest BCUT2D eigenvalue weighted by Crippen LogP contribution is -2.34. The van der Waals surface area contributed by atoms with E-state index in [0.717, 1.165) is 18.5 Å². The minimum absolute atomic E-state index is 0.325. The fourth-order valence-corrected chi connectivity index (χ4v) is 2.27. The molecule has 0 radical (unpaired) electrons. The summed E-state index contributed by atoms with van der Waals surface area (Å²) in [6.45, 7) is 5.72. The third kappa shape index (κ3) is 7.83. The molecule has 1 unspecified atom stereocenters. The molecule has 0 aliphatic rings. The Morgan fingerprint density at radius 2 is 1.95 bits per heavy atom. The SMILES string of the molecule is CC(C)CCNCC(O)C[C@@H](Cc1ccccc1)C(N)=O. The van der Waals surface area contributed by atoms with Gasteiger partial charge in [0.1, 0.15) is 0 Å². The number of nitrogens with one attached hydrogen (secondary N) is 1. The van der Waals surface area contributed by atoms with Crippen molar-refractivity contribution in [2.24, 2.45) is 17.6 Å². The molecule has 0 saturated heterocycles. The van der Waals surface area contributed by atoms with Crippen LogP contribution in [-0.2, 0) is 11.2 Å². The Morgan fingerprint density at radius 3 is 2.52 bits per heavy atom. The highest BCUT2D eigenvalue weighted by atomic mass is 16.3. The molecule has 118 valence electrons. The van der Waals surface area contributed by atoms with Gasteiger partial charge in [-0.1, -0.05) is 44.2 Å². The standard InChI is InChI=1S/C17H28N2O2/c1-13(2)8-9-19-12-16(20)11-15(17(18)21)10-14-6-4-3-5-7-14/h3-7,13,15-16,19-20H,8-12H2,1-2H3,(H2,18,21)/t15-,16?/m1/s1. The summed E-state index contributed by atoms with van der Waals surface area (Å²) in [5.41, 5.74) is 6.53. The molecule has 0 heterocycles. The average molecular weight is 292 g/mol. The Morgan fingerprint density at radius 1 is 1.29 bits per heavy atom. The number of rotatable bonds is 10. The Balaban J connectivity index is 2.38. The number of aliphatic hydroxyl groups excluding tert-OH is 1. The lowest BCUT2D eigenvalue weighted by molar-refractivity contribution is -0.122. The Kier molecular flexibility index (Phi) is 8.01. The first-order chi connectivity index (χ1) is 9.99. The number of aliphatic hydroxyl groups is 1. The van der Waals surface area contributed by atoms with Gasteiger partial charge < -0.3 is 16.2 Å². The highest BCUT2D eigenvalue weighted by molar-refractivity contribution is 5.77. The highest BCUT2D eigenvalue weighted by Crippen LogP contribution is 2.14. The summed E-state index contributed by atoms with van der Waals surface area (Å²) in [5.74, 6) is -0.0273. The normalized spacial score (nSPS) is 14.1. The van der Waals surface area contributed by atoms with Crippen LogP contribution < -0.4 is 11.1 Å². The van der Waals surface area contributed by atoms with Crippen molar-refractivity contribution < 1.29 is 9.90 Å². The van der Waals surface area contributed by atoms with E-state index in [2.05, 4.69) is 19.2 Å². The Hall–Kier alpha value is -1.39. The number of nitrogens with two attached hydrogens (primary N) is 1. The van der Waals surface area contributed by atoms with Gasteiger partial charge in [-0.15, -0.1) is 0 Å². The van der Waals surface area contributed by atoms with E-state index in [0.29, 0.717) is 25.3 Å². The maximum absolute atomic E-state index is 11.5. The molecular weight excluding hydrogens is 264 g/mol. The molecule has 1 rings (SSSR count). The number of hydrogen-bond donors (Lipinski definition) is 3. The van der Waals surface area contributed by atoms with Gasteiger partial charge in [0.25, 0.3) is 0 Å². The van der Waals surface area contributed by atoms with Crippen LogP contribution in [0.4, 0.5) is 0 Å². The molecule has 0 aliphatic heterocycles. The minimum Gasteiger partial charge on any atom is -0.392 e. The first-order valence-corrected chi connectivity index (χ1v) is 7.71. The zero-order valence-corrected chi connectivity index (χ0v) is 13.1. The Bertz CT molecular complexity index is 407. The summed E-state index contributed by atoms with van der Waals surface area (Å²) in [5, 5.41) is 13.3. The van der Waals surface area contributed by atoms with Crippen molar-refractivity contribution in [3.8, 4) is 0 Å². The molecular formula is C17H28N2O2. The topological polar surface area (TPSA) is 75.3 Å². The minimum atomic E-state index is -0.543. The van der Waals surface area contributed by atoms with E-state index >= 15 is 0 Å². The molecule has 0 spiro atoms. The van der Waals surface area contributed by atoms with E-state index in [4.69, 9.17) is 5.73 Å². The van der Waals surface area contributed by atoms with E-state index in [1.807, 2.05) is 30.3 Å². The monoisotopic (exact) mass is 292 g/mol. The molecule has 0 bridgehead atoms. The summed E-state index contributed by atoms with van der Waals surface area (Å²) in [6, 6.07) is 9.78. The first-order valence-electron chi connectivity index (χ1n) is 7.71. The largest absolute Gasteiger partial charge is 0.392 e. The van der Waals surface area contributed by atoms with Crippen molar-refractivity contribution in [2.75, 3.05) is 13.1 Å². The van der Waals surface area contributed by atoms with Crippen LogP contribution >= 0.6 is 0 Å². The van der Waals surface area contributed by atoms with Gasteiger partial charge in [0.15, 0.2) is 0 Å². The molecule has 4 heteroatoms. The van der Waals surface area contributed by atoms with Gasteiger partial charge in [-0.2, -0.15) is 0 Å². The number of carbonyl (C=O) groups is 1. The van der Waals surface area contributed by atoms with Crippen molar-refractivity contribution in [1.82, 2.24) is 5.32 Å². The quantitative estimate of drug-likeness (QED) is 0.575. The van der Waals surface area contributed by atoms with Gasteiger partial charge in [-0.05, 0) is 37.3 Å². The van der Waals surface area contributed by atoms with E-state index in [9.17, 15) is 9.90 Å². The van der Waals surface area contributed by atoms with Crippen LogP contribution in [0.3, 0.4) is 0 Å². The molecule has 4 nitrogen and oxygen atoms in total. The fourth-order valence-electron chi connectivity index (χ4n) is 2.27. The molecule has 1 aromatic rings. The van der Waals surface area contributed by atoms with Crippen molar-refractivity contribution in [1.29, 1.82) is 0 Å². The number of benzene rings is 1. The zero-order chi connectivity index (χ0) is 15.7. The summed E-state index contributed by atoms with van der Waals surface area (Å²) >= 11 is 0. The second kappa shape index (κ2) is 9.53. The number of amides is 1. The van der Waals surface area contributed by atoms with Crippen molar-refractivity contribution in [3.05, 3.63) is 35.9 Å². The molecule has 0 aliphatic carbocycles. The van der Waals surface area contributed by atoms with Gasteiger partial charge in [0, 0.05) is 12.5 Å². The summed E-state index contributed by atoms with van der Waals surface area (Å²) in [6.07, 6.45) is 1.52. The van der Waals surface area contributed by atoms with Crippen LogP contribution in [0.1, 0.15) is 32.3 Å². The second-order valence-corrected chi connectivity index (χ2v) is 6.07. The van der Waals surface area contributed by atoms with Gasteiger partial charge in [-0.25, -0.2) is 0 Å². The van der Waals surface area contributed by atoms with Gasteiger partial charge in [0.05, 0.1) is 6.10 Å². The van der Waals surface area contributed by atoms with Gasteiger partial charge in [-0.3, -0.25) is 4.79 Å². The molecule has 4 N–H and O–H groups in total. The molecule has 0 saturated carbocycles. The van der Waals surface area contributed by atoms with Crippen molar-refractivity contribution in [2.45, 2.75) is 39.2 Å². The van der Waals surface area contributed by atoms with E-state index in [1.54, 1.807) is 0 Å². The van der Waals surface area contributed by atoms with E-state index in [1.165, 1.54) is 0 Å². The Labute approximate surface area is 127 Å². The van der Waals surface area contributed by atoms with Crippen LogP contribution in [0.25, 0.3) is 0 Å². The maximum atomic E-state index is 11.5. The smallest absolute Gasteiger partial charge is 0.220 e. The number of hydrogen-bond acceptors (Lipinski definition) is 3. The van der Waals surface area contributed by atoms with Crippen molar-refractivity contribution in [3.63, 3.8) is 0 Å². The molecule has 2 atom stereocenters. The van der Waals surface area contributed by atoms with Crippen LogP contribution in [-0.4, -0.2) is 30.2 Å². The molecule has 21 heavy (non-hydrogen) atoms. The van der Waals surface area contributed by atoms with Crippen LogP contribution in [0.5, 0.6) is 0 Å². The van der Waals surface area contributed by atoms with Crippen molar-refractivity contribution >= 4 is 5.91 Å². The number of carbonyl (C=O) groups excluding carboxylic acids is 1. The fraction of sp³-hybridized carbons (Fsp3) is 0.588. The van der Waals surface area contributed by atoms with Crippen LogP contribution in [0.15, 0.2) is 30.3 Å². The van der Waals surface area contributed by atoms with E-state index < -0.39 is 6.10 Å². The predicted molar refractivity (Wildman–Crippen MR) is 85.8 cm³/mol. The average Bonchev–Trinajstić information content (AvgIpc) is 2.44. The lowest BCUT2D eigenvalue weighted by Gasteiger charge is -2.18. The van der Waals surface area contributed by atoms with Gasteiger partial charge >= 0.3 is 0 Å². The zero-order valence-electron chi connectivity index (χ0n) is 13.1. The summed E-state index contributed by atoms with van der Waals surface area (Å²) in [7, 11) is 0. The highest BCUT2D eigenvalue weighted by Gasteiger charge is 2.20.